The zero-order chi connectivity index (χ0) is 16.1. The van der Waals surface area contributed by atoms with Crippen LogP contribution in [0.25, 0.3) is 0 Å². The number of benzene rings is 1. The predicted molar refractivity (Wildman–Crippen MR) is 84.7 cm³/mol. The monoisotopic (exact) mass is 304 g/mol. The number of amides is 2. The summed E-state index contributed by atoms with van der Waals surface area (Å²) in [6, 6.07) is 7.57. The van der Waals surface area contributed by atoms with E-state index in [0.717, 1.165) is 11.3 Å². The van der Waals surface area contributed by atoms with Crippen LogP contribution in [0.5, 0.6) is 5.75 Å². The molecule has 1 fully saturated rings. The highest BCUT2D eigenvalue weighted by Gasteiger charge is 2.25. The minimum Gasteiger partial charge on any atom is -0.497 e. The Morgan fingerprint density at radius 1 is 1.14 bits per heavy atom. The van der Waals surface area contributed by atoms with Gasteiger partial charge in [-0.2, -0.15) is 0 Å². The third kappa shape index (κ3) is 4.00. The smallest absolute Gasteiger partial charge is 0.227 e. The molecule has 0 aromatic heterocycles. The molecule has 0 spiro atoms. The Kier molecular flexibility index (Phi) is 5.41. The first-order valence-corrected chi connectivity index (χ1v) is 7.70. The van der Waals surface area contributed by atoms with Crippen LogP contribution in [0, 0.1) is 5.92 Å². The summed E-state index contributed by atoms with van der Waals surface area (Å²) in [5.41, 5.74) is 0.949. The van der Waals surface area contributed by atoms with Crippen LogP contribution in [0.1, 0.15) is 19.4 Å². The second-order valence-electron chi connectivity index (χ2n) is 5.89. The molecule has 0 radical (unpaired) electrons. The van der Waals surface area contributed by atoms with Crippen molar-refractivity contribution in [3.63, 3.8) is 0 Å². The van der Waals surface area contributed by atoms with Crippen molar-refractivity contribution >= 4 is 11.8 Å². The van der Waals surface area contributed by atoms with Crippen LogP contribution in [-0.2, 0) is 16.0 Å². The maximum Gasteiger partial charge on any atom is 0.227 e. The molecule has 1 heterocycles. The molecule has 2 amide bonds. The zero-order valence-electron chi connectivity index (χ0n) is 13.5. The van der Waals surface area contributed by atoms with E-state index in [4.69, 9.17) is 4.74 Å². The van der Waals surface area contributed by atoms with Gasteiger partial charge in [0.05, 0.1) is 13.5 Å². The summed E-state index contributed by atoms with van der Waals surface area (Å²) in [5, 5.41) is 0. The average Bonchev–Trinajstić information content (AvgIpc) is 2.54. The molecular formula is C17H24N2O3. The van der Waals surface area contributed by atoms with Gasteiger partial charge >= 0.3 is 0 Å². The van der Waals surface area contributed by atoms with Crippen LogP contribution in [0.2, 0.25) is 0 Å². The van der Waals surface area contributed by atoms with Crippen LogP contribution in [-0.4, -0.2) is 54.9 Å². The molecule has 0 aliphatic carbocycles. The van der Waals surface area contributed by atoms with Crippen LogP contribution in [0.4, 0.5) is 0 Å². The van der Waals surface area contributed by atoms with E-state index in [1.165, 1.54) is 0 Å². The Balaban J connectivity index is 1.88. The van der Waals surface area contributed by atoms with E-state index < -0.39 is 0 Å². The van der Waals surface area contributed by atoms with Gasteiger partial charge in [0.15, 0.2) is 0 Å². The standard InChI is InChI=1S/C17H24N2O3/c1-13(2)17(21)19-9-7-18(8-10-19)16(20)12-14-5-4-6-15(11-14)22-3/h4-6,11,13H,7-10,12H2,1-3H3. The summed E-state index contributed by atoms with van der Waals surface area (Å²) < 4.78 is 5.18. The van der Waals surface area contributed by atoms with Gasteiger partial charge in [0, 0.05) is 32.1 Å². The number of hydrogen-bond donors (Lipinski definition) is 0. The lowest BCUT2D eigenvalue weighted by molar-refractivity contribution is -0.141. The Morgan fingerprint density at radius 2 is 1.77 bits per heavy atom. The van der Waals surface area contributed by atoms with Crippen molar-refractivity contribution in [1.82, 2.24) is 9.80 Å². The lowest BCUT2D eigenvalue weighted by atomic mass is 10.1. The topological polar surface area (TPSA) is 49.9 Å². The van der Waals surface area contributed by atoms with Crippen LogP contribution >= 0.6 is 0 Å². The molecule has 1 aromatic carbocycles. The highest BCUT2D eigenvalue weighted by molar-refractivity contribution is 5.80. The van der Waals surface area contributed by atoms with Gasteiger partial charge < -0.3 is 14.5 Å². The van der Waals surface area contributed by atoms with Gasteiger partial charge in [0.1, 0.15) is 5.75 Å². The van der Waals surface area contributed by atoms with E-state index in [0.29, 0.717) is 32.6 Å². The molecule has 0 unspecified atom stereocenters. The predicted octanol–water partition coefficient (Wildman–Crippen LogP) is 1.56. The largest absolute Gasteiger partial charge is 0.497 e. The van der Waals surface area contributed by atoms with Crippen molar-refractivity contribution in [1.29, 1.82) is 0 Å². The van der Waals surface area contributed by atoms with E-state index >= 15 is 0 Å². The third-order valence-corrected chi connectivity index (χ3v) is 3.93. The number of hydrogen-bond acceptors (Lipinski definition) is 3. The van der Waals surface area contributed by atoms with Gasteiger partial charge in [-0.25, -0.2) is 0 Å². The second-order valence-corrected chi connectivity index (χ2v) is 5.89. The Bertz CT molecular complexity index is 534. The first kappa shape index (κ1) is 16.3. The second kappa shape index (κ2) is 7.29. The van der Waals surface area contributed by atoms with Crippen molar-refractivity contribution < 1.29 is 14.3 Å². The number of carbonyl (C=O) groups is 2. The molecule has 120 valence electrons. The molecule has 0 saturated carbocycles. The van der Waals surface area contributed by atoms with Gasteiger partial charge in [-0.3, -0.25) is 9.59 Å². The lowest BCUT2D eigenvalue weighted by Gasteiger charge is -2.35. The molecule has 0 bridgehead atoms. The van der Waals surface area contributed by atoms with Crippen molar-refractivity contribution in [3.05, 3.63) is 29.8 Å². The first-order chi connectivity index (χ1) is 10.5. The normalized spacial score (nSPS) is 15.1. The highest BCUT2D eigenvalue weighted by Crippen LogP contribution is 2.14. The first-order valence-electron chi connectivity index (χ1n) is 7.70. The number of nitrogens with zero attached hydrogens (tertiary/aromatic N) is 2. The van der Waals surface area contributed by atoms with Crippen molar-refractivity contribution in [2.75, 3.05) is 33.3 Å². The summed E-state index contributed by atoms with van der Waals surface area (Å²) in [6.07, 6.45) is 0.370. The van der Waals surface area contributed by atoms with E-state index in [2.05, 4.69) is 0 Å². The summed E-state index contributed by atoms with van der Waals surface area (Å²) in [6.45, 7) is 6.29. The number of methoxy groups -OCH3 is 1. The Hall–Kier alpha value is -2.04. The lowest BCUT2D eigenvalue weighted by Crippen LogP contribution is -2.51. The molecule has 5 heteroatoms. The van der Waals surface area contributed by atoms with Gasteiger partial charge in [-0.1, -0.05) is 26.0 Å². The minimum atomic E-state index is 0.0130. The molecule has 2 rings (SSSR count). The highest BCUT2D eigenvalue weighted by atomic mass is 16.5. The maximum absolute atomic E-state index is 12.4. The third-order valence-electron chi connectivity index (χ3n) is 3.93. The fraction of sp³-hybridized carbons (Fsp3) is 0.529. The fourth-order valence-electron chi connectivity index (χ4n) is 2.61. The van der Waals surface area contributed by atoms with E-state index in [1.54, 1.807) is 7.11 Å². The van der Waals surface area contributed by atoms with Gasteiger partial charge in [0.25, 0.3) is 0 Å². The Morgan fingerprint density at radius 3 is 2.36 bits per heavy atom. The summed E-state index contributed by atoms with van der Waals surface area (Å²) in [4.78, 5) is 28.0. The quantitative estimate of drug-likeness (QED) is 0.848. The number of piperazine rings is 1. The molecule has 1 aliphatic heterocycles. The van der Waals surface area contributed by atoms with Crippen molar-refractivity contribution in [2.45, 2.75) is 20.3 Å². The number of rotatable bonds is 4. The molecular weight excluding hydrogens is 280 g/mol. The summed E-state index contributed by atoms with van der Waals surface area (Å²) in [5.74, 6) is 1.04. The number of carbonyl (C=O) groups excluding carboxylic acids is 2. The maximum atomic E-state index is 12.4. The van der Waals surface area contributed by atoms with E-state index in [1.807, 2.05) is 47.9 Å². The zero-order valence-corrected chi connectivity index (χ0v) is 13.5. The van der Waals surface area contributed by atoms with Crippen molar-refractivity contribution in [2.24, 2.45) is 5.92 Å². The van der Waals surface area contributed by atoms with Gasteiger partial charge in [0.2, 0.25) is 11.8 Å². The summed E-state index contributed by atoms with van der Waals surface area (Å²) in [7, 11) is 1.62. The number of ether oxygens (including phenoxy) is 1. The van der Waals surface area contributed by atoms with Gasteiger partial charge in [-0.05, 0) is 17.7 Å². The molecule has 0 N–H and O–H groups in total. The van der Waals surface area contributed by atoms with Gasteiger partial charge in [-0.15, -0.1) is 0 Å². The molecule has 1 aromatic rings. The fourth-order valence-corrected chi connectivity index (χ4v) is 2.61. The SMILES string of the molecule is COc1cccc(CC(=O)N2CCN(C(=O)C(C)C)CC2)c1. The van der Waals surface area contributed by atoms with Crippen LogP contribution < -0.4 is 4.74 Å². The Labute approximate surface area is 131 Å². The van der Waals surface area contributed by atoms with Crippen molar-refractivity contribution in [3.8, 4) is 5.75 Å². The van der Waals surface area contributed by atoms with Crippen LogP contribution in [0.3, 0.4) is 0 Å². The molecule has 0 atom stereocenters. The molecule has 1 aliphatic rings. The minimum absolute atomic E-state index is 0.0130. The molecule has 22 heavy (non-hydrogen) atoms. The average molecular weight is 304 g/mol. The summed E-state index contributed by atoms with van der Waals surface area (Å²) >= 11 is 0. The van der Waals surface area contributed by atoms with E-state index in [9.17, 15) is 9.59 Å². The van der Waals surface area contributed by atoms with Crippen LogP contribution in [0.15, 0.2) is 24.3 Å². The molecule has 1 saturated heterocycles. The molecule has 5 nitrogen and oxygen atoms in total. The van der Waals surface area contributed by atoms with E-state index in [-0.39, 0.29) is 17.7 Å².